The molecule has 2 aromatic carbocycles. The Morgan fingerprint density at radius 1 is 1.15 bits per heavy atom. The summed E-state index contributed by atoms with van der Waals surface area (Å²) in [6, 6.07) is 17.9. The molecule has 3 rings (SSSR count). The maximum Gasteiger partial charge on any atom is 0.270 e. The molecular weight excluding hydrogens is 360 g/mol. The number of hydrogen-bond donors (Lipinski definition) is 1. The number of nitro groups is 1. The maximum absolute atomic E-state index is 12.5. The Morgan fingerprint density at radius 3 is 2.59 bits per heavy atom. The third-order valence-electron chi connectivity index (χ3n) is 4.03. The lowest BCUT2D eigenvalue weighted by Gasteiger charge is -2.17. The predicted octanol–water partition coefficient (Wildman–Crippen LogP) is 4.88. The van der Waals surface area contributed by atoms with Gasteiger partial charge in [-0.2, -0.15) is 0 Å². The van der Waals surface area contributed by atoms with Crippen LogP contribution in [-0.4, -0.2) is 10.8 Å². The highest BCUT2D eigenvalue weighted by Gasteiger charge is 2.16. The van der Waals surface area contributed by atoms with Crippen LogP contribution in [0.25, 0.3) is 6.08 Å². The number of rotatable bonds is 6. The van der Waals surface area contributed by atoms with Crippen molar-refractivity contribution in [1.82, 2.24) is 5.32 Å². The molecule has 0 aliphatic rings. The number of non-ortho nitro benzene ring substituents is 1. The van der Waals surface area contributed by atoms with Gasteiger partial charge in [0.1, 0.15) is 0 Å². The first-order valence-corrected chi connectivity index (χ1v) is 9.24. The first-order chi connectivity index (χ1) is 13.0. The van der Waals surface area contributed by atoms with Crippen LogP contribution < -0.4 is 5.32 Å². The Balaban J connectivity index is 1.78. The minimum atomic E-state index is -0.457. The minimum absolute atomic E-state index is 0.00586. The molecule has 0 saturated carbocycles. The molecule has 5 nitrogen and oxygen atoms in total. The van der Waals surface area contributed by atoms with Gasteiger partial charge >= 0.3 is 0 Å². The van der Waals surface area contributed by atoms with E-state index >= 15 is 0 Å². The molecule has 0 aliphatic heterocycles. The van der Waals surface area contributed by atoms with Gasteiger partial charge in [0.25, 0.3) is 5.69 Å². The number of thiophene rings is 1. The summed E-state index contributed by atoms with van der Waals surface area (Å²) in [5, 5.41) is 15.8. The standard InChI is InChI=1S/C21H18N2O3S/c1-15-7-10-17(11-8-15)21(19-6-3-13-27-19)22-20(24)12-9-16-4-2-5-18(14-16)23(25)26/h2-14,21H,1H3,(H,22,24)/b12-9+/t21-/m0/s1. The van der Waals surface area contributed by atoms with Crippen LogP contribution in [0.1, 0.15) is 27.6 Å². The number of nitro benzene ring substituents is 1. The van der Waals surface area contributed by atoms with Gasteiger partial charge in [0.2, 0.25) is 5.91 Å². The summed E-state index contributed by atoms with van der Waals surface area (Å²) >= 11 is 1.58. The Hall–Kier alpha value is -3.25. The highest BCUT2D eigenvalue weighted by atomic mass is 32.1. The molecule has 136 valence electrons. The number of benzene rings is 2. The van der Waals surface area contributed by atoms with Crippen molar-refractivity contribution in [1.29, 1.82) is 0 Å². The van der Waals surface area contributed by atoms with Crippen molar-refractivity contribution < 1.29 is 9.72 Å². The van der Waals surface area contributed by atoms with E-state index in [-0.39, 0.29) is 17.6 Å². The lowest BCUT2D eigenvalue weighted by Crippen LogP contribution is -2.27. The third kappa shape index (κ3) is 4.89. The van der Waals surface area contributed by atoms with Crippen LogP contribution in [0.15, 0.2) is 72.1 Å². The lowest BCUT2D eigenvalue weighted by atomic mass is 10.0. The zero-order valence-electron chi connectivity index (χ0n) is 14.7. The average Bonchev–Trinajstić information content (AvgIpc) is 3.20. The quantitative estimate of drug-likeness (QED) is 0.377. The molecule has 1 atom stereocenters. The third-order valence-corrected chi connectivity index (χ3v) is 4.97. The molecule has 0 unspecified atom stereocenters. The molecule has 0 fully saturated rings. The first-order valence-electron chi connectivity index (χ1n) is 8.36. The van der Waals surface area contributed by atoms with E-state index in [0.717, 1.165) is 16.0 Å². The second kappa shape index (κ2) is 8.42. The molecule has 3 aromatic rings. The Labute approximate surface area is 161 Å². The van der Waals surface area contributed by atoms with Crippen molar-refractivity contribution in [3.63, 3.8) is 0 Å². The summed E-state index contributed by atoms with van der Waals surface area (Å²) in [7, 11) is 0. The van der Waals surface area contributed by atoms with Gasteiger partial charge in [-0.25, -0.2) is 0 Å². The van der Waals surface area contributed by atoms with Crippen molar-refractivity contribution in [3.8, 4) is 0 Å². The highest BCUT2D eigenvalue weighted by molar-refractivity contribution is 7.10. The Morgan fingerprint density at radius 2 is 1.93 bits per heavy atom. The van der Waals surface area contributed by atoms with Gasteiger partial charge in [-0.15, -0.1) is 11.3 Å². The normalized spacial score (nSPS) is 12.0. The summed E-state index contributed by atoms with van der Waals surface area (Å²) in [6.07, 6.45) is 2.97. The molecule has 0 spiro atoms. The lowest BCUT2D eigenvalue weighted by molar-refractivity contribution is -0.384. The van der Waals surface area contributed by atoms with Crippen LogP contribution in [0.2, 0.25) is 0 Å². The summed E-state index contributed by atoms with van der Waals surface area (Å²) in [5.74, 6) is -0.263. The summed E-state index contributed by atoms with van der Waals surface area (Å²) in [6.45, 7) is 2.02. The zero-order chi connectivity index (χ0) is 19.2. The molecule has 1 aromatic heterocycles. The smallest absolute Gasteiger partial charge is 0.270 e. The number of carbonyl (C=O) groups is 1. The SMILES string of the molecule is Cc1ccc([C@H](NC(=O)/C=C/c2cccc([N+](=O)[O-])c2)c2cccs2)cc1. The molecule has 27 heavy (non-hydrogen) atoms. The van der Waals surface area contributed by atoms with Gasteiger partial charge in [0, 0.05) is 23.1 Å². The van der Waals surface area contributed by atoms with Crippen LogP contribution >= 0.6 is 11.3 Å². The molecule has 0 aliphatic carbocycles. The van der Waals surface area contributed by atoms with E-state index in [2.05, 4.69) is 5.32 Å². The average molecular weight is 378 g/mol. The van der Waals surface area contributed by atoms with Gasteiger partial charge in [-0.1, -0.05) is 48.0 Å². The molecule has 0 saturated heterocycles. The highest BCUT2D eigenvalue weighted by Crippen LogP contribution is 2.26. The predicted molar refractivity (Wildman–Crippen MR) is 108 cm³/mol. The molecule has 1 heterocycles. The van der Waals surface area contributed by atoms with E-state index in [1.807, 2.05) is 48.7 Å². The summed E-state index contributed by atoms with van der Waals surface area (Å²) < 4.78 is 0. The van der Waals surface area contributed by atoms with Crippen LogP contribution in [-0.2, 0) is 4.79 Å². The zero-order valence-corrected chi connectivity index (χ0v) is 15.5. The van der Waals surface area contributed by atoms with Crippen molar-refractivity contribution in [2.75, 3.05) is 0 Å². The first kappa shape index (κ1) is 18.5. The fourth-order valence-corrected chi connectivity index (χ4v) is 3.44. The van der Waals surface area contributed by atoms with Crippen LogP contribution in [0.5, 0.6) is 0 Å². The van der Waals surface area contributed by atoms with Crippen LogP contribution in [0.3, 0.4) is 0 Å². The molecule has 6 heteroatoms. The molecule has 0 bridgehead atoms. The van der Waals surface area contributed by atoms with Crippen molar-refractivity contribution in [2.24, 2.45) is 0 Å². The van der Waals surface area contributed by atoms with Crippen LogP contribution in [0.4, 0.5) is 5.69 Å². The Kier molecular flexibility index (Phi) is 5.78. The second-order valence-corrected chi connectivity index (χ2v) is 7.03. The van der Waals surface area contributed by atoms with E-state index in [4.69, 9.17) is 0 Å². The molecule has 0 radical (unpaired) electrons. The van der Waals surface area contributed by atoms with E-state index in [1.165, 1.54) is 18.2 Å². The molecule has 1 N–H and O–H groups in total. The Bertz CT molecular complexity index is 963. The van der Waals surface area contributed by atoms with Gasteiger partial charge in [-0.3, -0.25) is 14.9 Å². The van der Waals surface area contributed by atoms with Gasteiger partial charge in [0.15, 0.2) is 0 Å². The van der Waals surface area contributed by atoms with Crippen molar-refractivity contribution in [3.05, 3.63) is 104 Å². The summed E-state index contributed by atoms with van der Waals surface area (Å²) in [4.78, 5) is 23.9. The van der Waals surface area contributed by atoms with E-state index < -0.39 is 4.92 Å². The van der Waals surface area contributed by atoms with Gasteiger partial charge in [-0.05, 0) is 35.6 Å². The van der Waals surface area contributed by atoms with E-state index in [1.54, 1.807) is 29.5 Å². The number of hydrogen-bond acceptors (Lipinski definition) is 4. The van der Waals surface area contributed by atoms with Crippen molar-refractivity contribution >= 4 is 29.0 Å². The fourth-order valence-electron chi connectivity index (χ4n) is 2.64. The topological polar surface area (TPSA) is 72.2 Å². The fraction of sp³-hybridized carbons (Fsp3) is 0.0952. The van der Waals surface area contributed by atoms with E-state index in [0.29, 0.717) is 5.56 Å². The second-order valence-electron chi connectivity index (χ2n) is 6.05. The van der Waals surface area contributed by atoms with Crippen LogP contribution in [0, 0.1) is 17.0 Å². The monoisotopic (exact) mass is 378 g/mol. The number of carbonyl (C=O) groups excluding carboxylic acids is 1. The number of amides is 1. The van der Waals surface area contributed by atoms with Gasteiger partial charge < -0.3 is 5.32 Å². The summed E-state index contributed by atoms with van der Waals surface area (Å²) in [5.41, 5.74) is 2.75. The largest absolute Gasteiger partial charge is 0.341 e. The van der Waals surface area contributed by atoms with Crippen molar-refractivity contribution in [2.45, 2.75) is 13.0 Å². The molecular formula is C21H18N2O3S. The number of aryl methyl sites for hydroxylation is 1. The minimum Gasteiger partial charge on any atom is -0.341 e. The van der Waals surface area contributed by atoms with E-state index in [9.17, 15) is 14.9 Å². The maximum atomic E-state index is 12.5. The van der Waals surface area contributed by atoms with Gasteiger partial charge in [0.05, 0.1) is 11.0 Å². The molecule has 1 amide bonds. The number of nitrogens with one attached hydrogen (secondary N) is 1. The number of nitrogens with zero attached hydrogens (tertiary/aromatic N) is 1.